The van der Waals surface area contributed by atoms with Crippen molar-refractivity contribution in [2.75, 3.05) is 6.54 Å². The van der Waals surface area contributed by atoms with Gasteiger partial charge < -0.3 is 10.6 Å². The number of carbonyl (C=O) groups excluding carboxylic acids is 2. The van der Waals surface area contributed by atoms with E-state index in [-0.39, 0.29) is 24.7 Å². The van der Waals surface area contributed by atoms with Gasteiger partial charge in [-0.15, -0.1) is 0 Å². The Morgan fingerprint density at radius 2 is 2.16 bits per heavy atom. The van der Waals surface area contributed by atoms with E-state index < -0.39 is 17.9 Å². The summed E-state index contributed by atoms with van der Waals surface area (Å²) in [4.78, 5) is 24.7. The molecule has 2 unspecified atom stereocenters. The normalized spacial score (nSPS) is 23.1. The number of primary amides is 1. The van der Waals surface area contributed by atoms with Crippen molar-refractivity contribution in [2.24, 2.45) is 11.7 Å². The lowest BCUT2D eigenvalue weighted by atomic mass is 9.94. The van der Waals surface area contributed by atoms with Gasteiger partial charge in [-0.1, -0.05) is 6.92 Å². The van der Waals surface area contributed by atoms with Crippen LogP contribution in [0.4, 0.5) is 8.78 Å². The van der Waals surface area contributed by atoms with Crippen molar-refractivity contribution in [3.8, 4) is 0 Å². The van der Waals surface area contributed by atoms with Crippen LogP contribution in [-0.2, 0) is 9.59 Å². The Hall–Kier alpha value is -1.20. The highest BCUT2D eigenvalue weighted by molar-refractivity contribution is 5.86. The fourth-order valence-corrected chi connectivity index (χ4v) is 2.68. The second kappa shape index (κ2) is 6.30. The summed E-state index contributed by atoms with van der Waals surface area (Å²) in [5.41, 5.74) is 5.27. The third-order valence-corrected chi connectivity index (χ3v) is 3.60. The Bertz CT molecular complexity index is 342. The second-order valence-corrected chi connectivity index (χ2v) is 5.38. The minimum absolute atomic E-state index is 0.160. The number of hydrogen-bond acceptors (Lipinski definition) is 2. The molecule has 1 saturated heterocycles. The van der Waals surface area contributed by atoms with E-state index in [1.54, 1.807) is 6.92 Å². The first kappa shape index (κ1) is 15.9. The van der Waals surface area contributed by atoms with Gasteiger partial charge in [0, 0.05) is 19.4 Å². The van der Waals surface area contributed by atoms with E-state index >= 15 is 0 Å². The zero-order chi connectivity index (χ0) is 14.6. The van der Waals surface area contributed by atoms with Gasteiger partial charge in [0.1, 0.15) is 6.04 Å². The van der Waals surface area contributed by atoms with Crippen LogP contribution in [0.2, 0.25) is 0 Å². The van der Waals surface area contributed by atoms with Gasteiger partial charge in [0.2, 0.25) is 17.7 Å². The molecule has 6 heteroatoms. The topological polar surface area (TPSA) is 63.4 Å². The zero-order valence-corrected chi connectivity index (χ0v) is 11.5. The lowest BCUT2D eigenvalue weighted by Gasteiger charge is -2.28. The number of amides is 2. The molecule has 4 nitrogen and oxygen atoms in total. The lowest BCUT2D eigenvalue weighted by Crippen LogP contribution is -2.47. The third-order valence-electron chi connectivity index (χ3n) is 3.60. The molecule has 1 rings (SSSR count). The predicted molar refractivity (Wildman–Crippen MR) is 67.6 cm³/mol. The van der Waals surface area contributed by atoms with E-state index in [1.807, 2.05) is 0 Å². The maximum Gasteiger partial charge on any atom is 0.245 e. The summed E-state index contributed by atoms with van der Waals surface area (Å²) >= 11 is 0. The number of halogens is 2. The summed E-state index contributed by atoms with van der Waals surface area (Å²) in [6.07, 6.45) is 1.41. The molecule has 0 saturated carbocycles. The van der Waals surface area contributed by atoms with Crippen molar-refractivity contribution < 1.29 is 18.4 Å². The highest BCUT2D eigenvalue weighted by Crippen LogP contribution is 2.30. The van der Waals surface area contributed by atoms with Crippen LogP contribution in [0.15, 0.2) is 0 Å². The first-order chi connectivity index (χ1) is 8.74. The van der Waals surface area contributed by atoms with Crippen molar-refractivity contribution in [3.63, 3.8) is 0 Å². The monoisotopic (exact) mass is 276 g/mol. The first-order valence-corrected chi connectivity index (χ1v) is 6.71. The molecule has 2 atom stereocenters. The van der Waals surface area contributed by atoms with E-state index in [4.69, 9.17) is 5.73 Å². The summed E-state index contributed by atoms with van der Waals surface area (Å²) in [5.74, 6) is -3.58. The molecule has 2 amide bonds. The van der Waals surface area contributed by atoms with Gasteiger partial charge in [-0.05, 0) is 32.1 Å². The molecule has 2 N–H and O–H groups in total. The maximum atomic E-state index is 13.0. The Balaban J connectivity index is 2.69. The number of nitrogens with two attached hydrogens (primary N) is 1. The largest absolute Gasteiger partial charge is 0.368 e. The number of alkyl halides is 2. The minimum Gasteiger partial charge on any atom is -0.368 e. The molecule has 0 aromatic carbocycles. The molecule has 1 aliphatic rings. The van der Waals surface area contributed by atoms with Gasteiger partial charge in [0.15, 0.2) is 0 Å². The van der Waals surface area contributed by atoms with Crippen molar-refractivity contribution in [1.29, 1.82) is 0 Å². The van der Waals surface area contributed by atoms with Crippen LogP contribution in [0.25, 0.3) is 0 Å². The number of nitrogens with zero attached hydrogens (tertiary/aromatic N) is 1. The molecular formula is C13H22F2N2O2. The fraction of sp³-hybridized carbons (Fsp3) is 0.846. The average Bonchev–Trinajstić information content (AvgIpc) is 2.42. The Morgan fingerprint density at radius 3 is 2.63 bits per heavy atom. The minimum atomic E-state index is -2.71. The molecule has 1 aliphatic heterocycles. The van der Waals surface area contributed by atoms with Gasteiger partial charge >= 0.3 is 0 Å². The van der Waals surface area contributed by atoms with E-state index in [0.717, 1.165) is 6.92 Å². The van der Waals surface area contributed by atoms with Gasteiger partial charge in [0.05, 0.1) is 0 Å². The van der Waals surface area contributed by atoms with E-state index in [1.165, 1.54) is 4.90 Å². The van der Waals surface area contributed by atoms with Crippen LogP contribution in [0.5, 0.6) is 0 Å². The molecule has 0 bridgehead atoms. The van der Waals surface area contributed by atoms with Crippen molar-refractivity contribution >= 4 is 11.8 Å². The molecule has 110 valence electrons. The summed E-state index contributed by atoms with van der Waals surface area (Å²) in [7, 11) is 0. The van der Waals surface area contributed by atoms with E-state index in [0.29, 0.717) is 25.8 Å². The van der Waals surface area contributed by atoms with Crippen molar-refractivity contribution in [2.45, 2.75) is 57.9 Å². The molecule has 0 aliphatic carbocycles. The summed E-state index contributed by atoms with van der Waals surface area (Å²) in [6.45, 7) is 3.02. The Labute approximate surface area is 112 Å². The van der Waals surface area contributed by atoms with Crippen molar-refractivity contribution in [1.82, 2.24) is 4.90 Å². The van der Waals surface area contributed by atoms with Crippen LogP contribution in [0, 0.1) is 5.92 Å². The molecule has 19 heavy (non-hydrogen) atoms. The van der Waals surface area contributed by atoms with Crippen LogP contribution in [0.3, 0.4) is 0 Å². The molecule has 0 aromatic rings. The van der Waals surface area contributed by atoms with Crippen LogP contribution < -0.4 is 5.73 Å². The number of hydrogen-bond donors (Lipinski definition) is 1. The molecular weight excluding hydrogens is 254 g/mol. The predicted octanol–water partition coefficient (Wildman–Crippen LogP) is 1.92. The van der Waals surface area contributed by atoms with Gasteiger partial charge in [0.25, 0.3) is 0 Å². The standard InChI is InChI=1S/C13H22F2N2O2/c1-3-10(12(16)19)17-7-6-9(4-5-11(17)18)8-13(2,14)15/h9-10H,3-8H2,1-2H3,(H2,16,19). The average molecular weight is 276 g/mol. The second-order valence-electron chi connectivity index (χ2n) is 5.38. The van der Waals surface area contributed by atoms with E-state index in [2.05, 4.69) is 0 Å². The summed E-state index contributed by atoms with van der Waals surface area (Å²) < 4.78 is 26.0. The molecule has 0 radical (unpaired) electrons. The third kappa shape index (κ3) is 4.76. The van der Waals surface area contributed by atoms with Gasteiger partial charge in [-0.3, -0.25) is 9.59 Å². The number of rotatable bonds is 5. The Kier molecular flexibility index (Phi) is 5.26. The van der Waals surface area contributed by atoms with E-state index in [9.17, 15) is 18.4 Å². The first-order valence-electron chi connectivity index (χ1n) is 6.71. The summed E-state index contributed by atoms with van der Waals surface area (Å²) in [6, 6.07) is -0.617. The Morgan fingerprint density at radius 1 is 1.53 bits per heavy atom. The zero-order valence-electron chi connectivity index (χ0n) is 11.5. The SMILES string of the molecule is CCC(C(N)=O)N1CCC(CC(C)(F)F)CCC1=O. The highest BCUT2D eigenvalue weighted by atomic mass is 19.3. The smallest absolute Gasteiger partial charge is 0.245 e. The summed E-state index contributed by atoms with van der Waals surface area (Å²) in [5, 5.41) is 0. The molecule has 0 aromatic heterocycles. The number of likely N-dealkylation sites (tertiary alicyclic amines) is 1. The fourth-order valence-electron chi connectivity index (χ4n) is 2.68. The molecule has 0 spiro atoms. The molecule has 1 fully saturated rings. The van der Waals surface area contributed by atoms with Gasteiger partial charge in [-0.25, -0.2) is 8.78 Å². The maximum absolute atomic E-state index is 13.0. The number of carbonyl (C=O) groups is 2. The molecule has 1 heterocycles. The quantitative estimate of drug-likeness (QED) is 0.834. The van der Waals surface area contributed by atoms with Crippen molar-refractivity contribution in [3.05, 3.63) is 0 Å². The lowest BCUT2D eigenvalue weighted by molar-refractivity contribution is -0.139. The van der Waals surface area contributed by atoms with Crippen LogP contribution in [-0.4, -0.2) is 35.2 Å². The van der Waals surface area contributed by atoms with Crippen LogP contribution in [0.1, 0.15) is 46.0 Å². The highest BCUT2D eigenvalue weighted by Gasteiger charge is 2.33. The van der Waals surface area contributed by atoms with Gasteiger partial charge in [-0.2, -0.15) is 0 Å². The van der Waals surface area contributed by atoms with Crippen LogP contribution >= 0.6 is 0 Å².